The van der Waals surface area contributed by atoms with Crippen LogP contribution in [0.2, 0.25) is 0 Å². The zero-order chi connectivity index (χ0) is 16.3. The molecule has 1 fully saturated rings. The van der Waals surface area contributed by atoms with Gasteiger partial charge in [0.15, 0.2) is 0 Å². The van der Waals surface area contributed by atoms with E-state index in [0.717, 1.165) is 19.3 Å². The molecule has 0 unspecified atom stereocenters. The van der Waals surface area contributed by atoms with Crippen LogP contribution < -0.4 is 15.4 Å². The summed E-state index contributed by atoms with van der Waals surface area (Å²) in [6.07, 6.45) is -2.12. The summed E-state index contributed by atoms with van der Waals surface area (Å²) in [6, 6.07) is 5.41. The van der Waals surface area contributed by atoms with Gasteiger partial charge in [0, 0.05) is 24.7 Å². The van der Waals surface area contributed by atoms with E-state index in [9.17, 15) is 18.0 Å². The van der Waals surface area contributed by atoms with Crippen molar-refractivity contribution < 1.29 is 22.7 Å². The first-order valence-electron chi connectivity index (χ1n) is 7.15. The van der Waals surface area contributed by atoms with Crippen molar-refractivity contribution in [1.82, 2.24) is 0 Å². The molecule has 22 heavy (non-hydrogen) atoms. The quantitative estimate of drug-likeness (QED) is 0.929. The summed E-state index contributed by atoms with van der Waals surface area (Å²) in [5.41, 5.74) is 6.05. The maximum absolute atomic E-state index is 12.5. The maximum Gasteiger partial charge on any atom is 0.573 e. The first-order chi connectivity index (χ1) is 10.3. The van der Waals surface area contributed by atoms with Crippen molar-refractivity contribution in [3.8, 4) is 5.75 Å². The molecule has 122 valence electrons. The zero-order valence-corrected chi connectivity index (χ0v) is 12.3. The summed E-state index contributed by atoms with van der Waals surface area (Å²) in [5.74, 6) is -0.477. The smallest absolute Gasteiger partial charge is 0.406 e. The van der Waals surface area contributed by atoms with Gasteiger partial charge in [-0.1, -0.05) is 12.5 Å². The molecular weight excluding hydrogens is 297 g/mol. The van der Waals surface area contributed by atoms with E-state index in [1.807, 2.05) is 0 Å². The molecule has 4 nitrogen and oxygen atoms in total. The van der Waals surface area contributed by atoms with E-state index in [1.54, 1.807) is 13.1 Å². The lowest BCUT2D eigenvalue weighted by atomic mass is 9.94. The molecule has 7 heteroatoms. The van der Waals surface area contributed by atoms with Gasteiger partial charge >= 0.3 is 6.36 Å². The molecule has 1 aromatic rings. The molecular formula is C15H19F3N2O2. The third-order valence-electron chi connectivity index (χ3n) is 4.05. The number of alkyl halides is 3. The van der Waals surface area contributed by atoms with E-state index >= 15 is 0 Å². The van der Waals surface area contributed by atoms with Crippen LogP contribution in [-0.2, 0) is 4.79 Å². The van der Waals surface area contributed by atoms with Crippen molar-refractivity contribution in [1.29, 1.82) is 0 Å². The van der Waals surface area contributed by atoms with E-state index < -0.39 is 6.36 Å². The Labute approximate surface area is 127 Å². The highest BCUT2D eigenvalue weighted by molar-refractivity contribution is 5.95. The molecule has 2 N–H and O–H groups in total. The summed E-state index contributed by atoms with van der Waals surface area (Å²) >= 11 is 0. The Morgan fingerprint density at radius 1 is 1.41 bits per heavy atom. The van der Waals surface area contributed by atoms with Gasteiger partial charge in [0.05, 0.1) is 0 Å². The summed E-state index contributed by atoms with van der Waals surface area (Å²) in [7, 11) is 1.56. The third kappa shape index (κ3) is 3.91. The first-order valence-corrected chi connectivity index (χ1v) is 7.15. The number of halogens is 3. The van der Waals surface area contributed by atoms with Crippen LogP contribution in [0.3, 0.4) is 0 Å². The van der Waals surface area contributed by atoms with Crippen molar-refractivity contribution in [2.45, 2.75) is 25.6 Å². The van der Waals surface area contributed by atoms with E-state index in [2.05, 4.69) is 4.74 Å². The minimum atomic E-state index is -4.75. The molecule has 0 aliphatic heterocycles. The predicted octanol–water partition coefficient (Wildman–Crippen LogP) is 2.92. The van der Waals surface area contributed by atoms with E-state index in [0.29, 0.717) is 12.2 Å². The Balaban J connectivity index is 2.13. The fraction of sp³-hybridized carbons (Fsp3) is 0.533. The topological polar surface area (TPSA) is 55.6 Å². The Hall–Kier alpha value is -1.76. The van der Waals surface area contributed by atoms with Crippen molar-refractivity contribution in [3.05, 3.63) is 24.3 Å². The lowest BCUT2D eigenvalue weighted by molar-refractivity contribution is -0.274. The van der Waals surface area contributed by atoms with Crippen LogP contribution in [0.5, 0.6) is 5.75 Å². The standard InChI is InChI=1S/C15H19F3N2O2/c1-20(14(21)13-7-2-4-10(13)9-19)11-5-3-6-12(8-11)22-15(16,17)18/h3,5-6,8,10,13H,2,4,7,9,19H2,1H3/t10-,13-/m1/s1. The van der Waals surface area contributed by atoms with Gasteiger partial charge in [-0.15, -0.1) is 13.2 Å². The second-order valence-corrected chi connectivity index (χ2v) is 5.48. The van der Waals surface area contributed by atoms with E-state index in [4.69, 9.17) is 5.73 Å². The van der Waals surface area contributed by atoms with Gasteiger partial charge in [-0.3, -0.25) is 4.79 Å². The van der Waals surface area contributed by atoms with Crippen molar-refractivity contribution in [2.24, 2.45) is 17.6 Å². The molecule has 2 rings (SSSR count). The SMILES string of the molecule is CN(C(=O)[C@@H]1CCC[C@@H]1CN)c1cccc(OC(F)(F)F)c1. The number of carbonyl (C=O) groups excluding carboxylic acids is 1. The van der Waals surface area contributed by atoms with Crippen molar-refractivity contribution >= 4 is 11.6 Å². The number of hydrogen-bond donors (Lipinski definition) is 1. The Kier molecular flexibility index (Phi) is 4.95. The van der Waals surface area contributed by atoms with Gasteiger partial charge in [0.25, 0.3) is 0 Å². The van der Waals surface area contributed by atoms with Gasteiger partial charge in [0.2, 0.25) is 5.91 Å². The second-order valence-electron chi connectivity index (χ2n) is 5.48. The predicted molar refractivity (Wildman–Crippen MR) is 76.4 cm³/mol. The lowest BCUT2D eigenvalue weighted by Crippen LogP contribution is -2.36. The number of rotatable bonds is 4. The van der Waals surface area contributed by atoms with Crippen molar-refractivity contribution in [3.63, 3.8) is 0 Å². The largest absolute Gasteiger partial charge is 0.573 e. The van der Waals surface area contributed by atoms with Crippen LogP contribution in [0.25, 0.3) is 0 Å². The molecule has 1 amide bonds. The maximum atomic E-state index is 12.5. The van der Waals surface area contributed by atoms with Crippen LogP contribution >= 0.6 is 0 Å². The molecule has 1 aliphatic carbocycles. The van der Waals surface area contributed by atoms with Crippen LogP contribution in [-0.4, -0.2) is 25.9 Å². The molecule has 1 aromatic carbocycles. The van der Waals surface area contributed by atoms with Gasteiger partial charge in [-0.05, 0) is 37.4 Å². The number of ether oxygens (including phenoxy) is 1. The first kappa shape index (κ1) is 16.6. The molecule has 2 atom stereocenters. The molecule has 0 saturated heterocycles. The van der Waals surface area contributed by atoms with Gasteiger partial charge in [-0.2, -0.15) is 0 Å². The number of amides is 1. The average Bonchev–Trinajstić information content (AvgIpc) is 2.92. The molecule has 0 aromatic heterocycles. The number of anilines is 1. The normalized spacial score (nSPS) is 21.7. The number of hydrogen-bond acceptors (Lipinski definition) is 3. The number of benzene rings is 1. The van der Waals surface area contributed by atoms with Gasteiger partial charge < -0.3 is 15.4 Å². The number of nitrogens with zero attached hydrogens (tertiary/aromatic N) is 1. The van der Waals surface area contributed by atoms with Crippen LogP contribution in [0.15, 0.2) is 24.3 Å². The Morgan fingerprint density at radius 3 is 2.77 bits per heavy atom. The summed E-state index contributed by atoms with van der Waals surface area (Å²) in [6.45, 7) is 0.446. The van der Waals surface area contributed by atoms with Crippen LogP contribution in [0, 0.1) is 11.8 Å². The molecule has 0 spiro atoms. The van der Waals surface area contributed by atoms with Gasteiger partial charge in [-0.25, -0.2) is 0 Å². The summed E-state index contributed by atoms with van der Waals surface area (Å²) < 4.78 is 40.7. The number of carbonyl (C=O) groups is 1. The molecule has 0 bridgehead atoms. The third-order valence-corrected chi connectivity index (χ3v) is 4.05. The zero-order valence-electron chi connectivity index (χ0n) is 12.3. The Morgan fingerprint density at radius 2 is 2.14 bits per heavy atom. The molecule has 1 saturated carbocycles. The van der Waals surface area contributed by atoms with Crippen molar-refractivity contribution in [2.75, 3.05) is 18.5 Å². The molecule has 0 radical (unpaired) electrons. The van der Waals surface area contributed by atoms with Crippen LogP contribution in [0.1, 0.15) is 19.3 Å². The van der Waals surface area contributed by atoms with E-state index in [-0.39, 0.29) is 23.5 Å². The highest BCUT2D eigenvalue weighted by atomic mass is 19.4. The molecule has 0 heterocycles. The average molecular weight is 316 g/mol. The summed E-state index contributed by atoms with van der Waals surface area (Å²) in [5, 5.41) is 0. The highest BCUT2D eigenvalue weighted by Crippen LogP contribution is 2.34. The van der Waals surface area contributed by atoms with Gasteiger partial charge in [0.1, 0.15) is 5.75 Å². The summed E-state index contributed by atoms with van der Waals surface area (Å²) in [4.78, 5) is 13.9. The van der Waals surface area contributed by atoms with E-state index in [1.165, 1.54) is 23.1 Å². The minimum Gasteiger partial charge on any atom is -0.406 e. The lowest BCUT2D eigenvalue weighted by Gasteiger charge is -2.25. The second kappa shape index (κ2) is 6.56. The van der Waals surface area contributed by atoms with Crippen LogP contribution in [0.4, 0.5) is 18.9 Å². The fourth-order valence-electron chi connectivity index (χ4n) is 2.91. The Bertz CT molecular complexity index is 534. The minimum absolute atomic E-state index is 0.114. The monoisotopic (exact) mass is 316 g/mol. The molecule has 1 aliphatic rings. The fourth-order valence-corrected chi connectivity index (χ4v) is 2.91. The number of nitrogens with two attached hydrogens (primary N) is 1. The highest BCUT2D eigenvalue weighted by Gasteiger charge is 2.34.